The fourth-order valence-corrected chi connectivity index (χ4v) is 2.17. The highest BCUT2D eigenvalue weighted by atomic mass is 79.9. The molecule has 0 fully saturated rings. The molecule has 1 N–H and O–H groups in total. The van der Waals surface area contributed by atoms with E-state index >= 15 is 0 Å². The van der Waals surface area contributed by atoms with Crippen LogP contribution in [-0.2, 0) is 0 Å². The van der Waals surface area contributed by atoms with Gasteiger partial charge in [0.05, 0.1) is 12.7 Å². The normalized spacial score (nSPS) is 10.4. The zero-order chi connectivity index (χ0) is 11.7. The first-order valence-corrected chi connectivity index (χ1v) is 5.42. The molecule has 2 rings (SSSR count). The van der Waals surface area contributed by atoms with Crippen molar-refractivity contribution in [3.8, 4) is 5.75 Å². The molecule has 0 saturated carbocycles. The average molecular weight is 281 g/mol. The van der Waals surface area contributed by atoms with Gasteiger partial charge in [-0.3, -0.25) is 0 Å². The van der Waals surface area contributed by atoms with Gasteiger partial charge in [-0.15, -0.1) is 0 Å². The lowest BCUT2D eigenvalue weighted by molar-refractivity contribution is 0.0698. The Kier molecular flexibility index (Phi) is 2.83. The van der Waals surface area contributed by atoms with Gasteiger partial charge in [0.15, 0.2) is 0 Å². The summed E-state index contributed by atoms with van der Waals surface area (Å²) < 4.78 is 5.92. The zero-order valence-corrected chi connectivity index (χ0v) is 10.1. The molecule has 0 bridgehead atoms. The molecule has 3 nitrogen and oxygen atoms in total. The zero-order valence-electron chi connectivity index (χ0n) is 8.53. The van der Waals surface area contributed by atoms with E-state index in [0.717, 1.165) is 9.86 Å². The van der Waals surface area contributed by atoms with Crippen LogP contribution < -0.4 is 4.74 Å². The Morgan fingerprint density at radius 3 is 2.75 bits per heavy atom. The summed E-state index contributed by atoms with van der Waals surface area (Å²) in [7, 11) is 1.53. The Balaban J connectivity index is 2.91. The molecule has 0 aromatic heterocycles. The van der Waals surface area contributed by atoms with Gasteiger partial charge in [-0.05, 0) is 23.6 Å². The summed E-state index contributed by atoms with van der Waals surface area (Å²) in [6, 6.07) is 8.88. The molecule has 0 radical (unpaired) electrons. The van der Waals surface area contributed by atoms with Crippen molar-refractivity contribution in [2.45, 2.75) is 0 Å². The first kappa shape index (κ1) is 11.0. The van der Waals surface area contributed by atoms with E-state index in [9.17, 15) is 4.79 Å². The van der Waals surface area contributed by atoms with E-state index in [4.69, 9.17) is 9.84 Å². The quantitative estimate of drug-likeness (QED) is 0.918. The number of rotatable bonds is 2. The van der Waals surface area contributed by atoms with Gasteiger partial charge < -0.3 is 9.84 Å². The number of benzene rings is 2. The minimum Gasteiger partial charge on any atom is -0.496 e. The minimum absolute atomic E-state index is 0.238. The van der Waals surface area contributed by atoms with Crippen LogP contribution in [0, 0.1) is 0 Å². The van der Waals surface area contributed by atoms with Crippen molar-refractivity contribution in [1.29, 1.82) is 0 Å². The van der Waals surface area contributed by atoms with Gasteiger partial charge in [0.2, 0.25) is 0 Å². The maximum absolute atomic E-state index is 11.2. The molecule has 0 amide bonds. The Morgan fingerprint density at radius 2 is 2.12 bits per heavy atom. The van der Waals surface area contributed by atoms with Crippen molar-refractivity contribution in [3.05, 3.63) is 40.4 Å². The highest BCUT2D eigenvalue weighted by Crippen LogP contribution is 2.31. The van der Waals surface area contributed by atoms with E-state index in [1.807, 2.05) is 18.2 Å². The number of carboxylic acids is 1. The number of methoxy groups -OCH3 is 1. The molecule has 0 aliphatic rings. The number of hydrogen-bond donors (Lipinski definition) is 1. The third-order valence-electron chi connectivity index (χ3n) is 2.35. The standard InChI is InChI=1S/C12H9BrO3/c1-16-10-4-2-3-7-5-8(13)6-9(11(7)10)12(14)15/h2-6H,1H3,(H,14,15). The van der Waals surface area contributed by atoms with Crippen LogP contribution in [-0.4, -0.2) is 18.2 Å². The molecule has 0 aliphatic carbocycles. The van der Waals surface area contributed by atoms with Gasteiger partial charge >= 0.3 is 5.97 Å². The third kappa shape index (κ3) is 1.76. The number of carboxylic acid groups (broad SMARTS) is 1. The molecule has 0 saturated heterocycles. The highest BCUT2D eigenvalue weighted by molar-refractivity contribution is 9.10. The maximum atomic E-state index is 11.2. The molecular formula is C12H9BrO3. The van der Waals surface area contributed by atoms with Gasteiger partial charge in [0.1, 0.15) is 5.75 Å². The Bertz CT molecular complexity index is 563. The fraction of sp³-hybridized carbons (Fsp3) is 0.0833. The summed E-state index contributed by atoms with van der Waals surface area (Å²) in [5, 5.41) is 10.6. The fourth-order valence-electron chi connectivity index (χ4n) is 1.70. The molecule has 16 heavy (non-hydrogen) atoms. The number of aromatic carboxylic acids is 1. The molecule has 2 aromatic carbocycles. The van der Waals surface area contributed by atoms with E-state index in [1.54, 1.807) is 12.1 Å². The lowest BCUT2D eigenvalue weighted by Gasteiger charge is -2.08. The number of hydrogen-bond acceptors (Lipinski definition) is 2. The second-order valence-electron chi connectivity index (χ2n) is 3.32. The van der Waals surface area contributed by atoms with Gasteiger partial charge in [0, 0.05) is 9.86 Å². The van der Waals surface area contributed by atoms with Gasteiger partial charge in [-0.1, -0.05) is 28.1 Å². The SMILES string of the molecule is COc1cccc2cc(Br)cc(C(=O)O)c12. The monoisotopic (exact) mass is 280 g/mol. The molecule has 0 unspecified atom stereocenters. The molecule has 4 heteroatoms. The predicted molar refractivity (Wildman–Crippen MR) is 65.2 cm³/mol. The minimum atomic E-state index is -0.962. The number of carbonyl (C=O) groups is 1. The van der Waals surface area contributed by atoms with Crippen LogP contribution >= 0.6 is 15.9 Å². The molecule has 82 valence electrons. The van der Waals surface area contributed by atoms with E-state index < -0.39 is 5.97 Å². The molecule has 0 aliphatic heterocycles. The molecule has 0 atom stereocenters. The van der Waals surface area contributed by atoms with Crippen LogP contribution in [0.25, 0.3) is 10.8 Å². The first-order chi connectivity index (χ1) is 7.63. The summed E-state index contributed by atoms with van der Waals surface area (Å²) in [4.78, 5) is 11.2. The van der Waals surface area contributed by atoms with Crippen molar-refractivity contribution in [3.63, 3.8) is 0 Å². The molecular weight excluding hydrogens is 272 g/mol. The second-order valence-corrected chi connectivity index (χ2v) is 4.23. The van der Waals surface area contributed by atoms with Gasteiger partial charge in [-0.2, -0.15) is 0 Å². The maximum Gasteiger partial charge on any atom is 0.336 e. The van der Waals surface area contributed by atoms with Crippen LogP contribution in [0.2, 0.25) is 0 Å². The van der Waals surface area contributed by atoms with Crippen LogP contribution in [0.1, 0.15) is 10.4 Å². The summed E-state index contributed by atoms with van der Waals surface area (Å²) in [6.07, 6.45) is 0. The Hall–Kier alpha value is -1.55. The van der Waals surface area contributed by atoms with E-state index in [2.05, 4.69) is 15.9 Å². The summed E-state index contributed by atoms with van der Waals surface area (Å²) in [5.74, 6) is -0.391. The number of fused-ring (bicyclic) bond motifs is 1. The van der Waals surface area contributed by atoms with Gasteiger partial charge in [-0.25, -0.2) is 4.79 Å². The van der Waals surface area contributed by atoms with Crippen LogP contribution in [0.5, 0.6) is 5.75 Å². The summed E-state index contributed by atoms with van der Waals surface area (Å²) in [6.45, 7) is 0. The van der Waals surface area contributed by atoms with Crippen molar-refractivity contribution in [2.75, 3.05) is 7.11 Å². The van der Waals surface area contributed by atoms with E-state index in [1.165, 1.54) is 7.11 Å². The third-order valence-corrected chi connectivity index (χ3v) is 2.81. The largest absolute Gasteiger partial charge is 0.496 e. The van der Waals surface area contributed by atoms with Crippen molar-refractivity contribution in [1.82, 2.24) is 0 Å². The van der Waals surface area contributed by atoms with Crippen molar-refractivity contribution < 1.29 is 14.6 Å². The van der Waals surface area contributed by atoms with Gasteiger partial charge in [0.25, 0.3) is 0 Å². The van der Waals surface area contributed by atoms with Crippen LogP contribution in [0.15, 0.2) is 34.8 Å². The van der Waals surface area contributed by atoms with E-state index in [0.29, 0.717) is 11.1 Å². The van der Waals surface area contributed by atoms with Crippen molar-refractivity contribution in [2.24, 2.45) is 0 Å². The summed E-state index contributed by atoms with van der Waals surface area (Å²) in [5.41, 5.74) is 0.238. The Labute approximate surface area is 101 Å². The summed E-state index contributed by atoms with van der Waals surface area (Å²) >= 11 is 3.29. The number of halogens is 1. The highest BCUT2D eigenvalue weighted by Gasteiger charge is 2.13. The first-order valence-electron chi connectivity index (χ1n) is 4.63. The molecule has 0 spiro atoms. The Morgan fingerprint density at radius 1 is 1.38 bits per heavy atom. The second kappa shape index (κ2) is 4.14. The predicted octanol–water partition coefficient (Wildman–Crippen LogP) is 3.31. The van der Waals surface area contributed by atoms with Crippen LogP contribution in [0.4, 0.5) is 0 Å². The topological polar surface area (TPSA) is 46.5 Å². The van der Waals surface area contributed by atoms with Crippen LogP contribution in [0.3, 0.4) is 0 Å². The number of ether oxygens (including phenoxy) is 1. The lowest BCUT2D eigenvalue weighted by atomic mass is 10.0. The average Bonchev–Trinajstić information content (AvgIpc) is 2.26. The lowest BCUT2D eigenvalue weighted by Crippen LogP contribution is -1.99. The molecule has 2 aromatic rings. The smallest absolute Gasteiger partial charge is 0.336 e. The van der Waals surface area contributed by atoms with E-state index in [-0.39, 0.29) is 5.56 Å². The molecule has 0 heterocycles. The van der Waals surface area contributed by atoms with Crippen molar-refractivity contribution >= 4 is 32.7 Å².